The summed E-state index contributed by atoms with van der Waals surface area (Å²) in [5.74, 6) is -1.04. The number of anilines is 2. The first-order valence-electron chi connectivity index (χ1n) is 8.34. The van der Waals surface area contributed by atoms with Crippen LogP contribution in [0.4, 0.5) is 11.4 Å². The van der Waals surface area contributed by atoms with Crippen LogP contribution in [0.1, 0.15) is 6.42 Å². The minimum atomic E-state index is -0.494. The number of oxazole rings is 1. The van der Waals surface area contributed by atoms with Gasteiger partial charge in [0, 0.05) is 31.5 Å². The van der Waals surface area contributed by atoms with E-state index in [1.54, 1.807) is 48.5 Å². The Balaban J connectivity index is 1.62. The molecule has 8 nitrogen and oxygen atoms in total. The second-order valence-corrected chi connectivity index (χ2v) is 5.85. The van der Waals surface area contributed by atoms with Gasteiger partial charge in [-0.2, -0.15) is 0 Å². The number of nitrogens with zero attached hydrogens (tertiary/aromatic N) is 1. The Kier molecular flexibility index (Phi) is 5.68. The third-order valence-corrected chi connectivity index (χ3v) is 3.84. The zero-order chi connectivity index (χ0) is 19.2. The molecular formula is C19H19N3O5. The van der Waals surface area contributed by atoms with Gasteiger partial charge in [0.15, 0.2) is 5.58 Å². The maximum atomic E-state index is 12.2. The van der Waals surface area contributed by atoms with Crippen molar-refractivity contribution in [1.29, 1.82) is 0 Å². The van der Waals surface area contributed by atoms with Gasteiger partial charge in [0.25, 0.3) is 0 Å². The number of benzene rings is 2. The van der Waals surface area contributed by atoms with Gasteiger partial charge in [0.05, 0.1) is 5.52 Å². The average Bonchev–Trinajstić information content (AvgIpc) is 2.95. The van der Waals surface area contributed by atoms with Crippen LogP contribution in [0.3, 0.4) is 0 Å². The van der Waals surface area contributed by atoms with E-state index in [1.165, 1.54) is 11.7 Å². The Hall–Kier alpha value is -3.39. The standard InChI is InChI=1S/C19H19N3O5/c1-26-12-18(24)21-14-6-4-5-13(11-14)20-17(23)9-10-22-15-7-2-3-8-16(15)27-19(22)25/h2-8,11H,9-10,12H2,1H3,(H,20,23)(H,21,24). The largest absolute Gasteiger partial charge is 0.419 e. The molecule has 0 aliphatic rings. The van der Waals surface area contributed by atoms with Gasteiger partial charge >= 0.3 is 5.76 Å². The highest BCUT2D eigenvalue weighted by molar-refractivity contribution is 5.94. The molecule has 2 aromatic carbocycles. The molecule has 0 aliphatic carbocycles. The third-order valence-electron chi connectivity index (χ3n) is 3.84. The van der Waals surface area contributed by atoms with E-state index in [4.69, 9.17) is 9.15 Å². The number of methoxy groups -OCH3 is 1. The van der Waals surface area contributed by atoms with Crippen LogP contribution in [0.2, 0.25) is 0 Å². The SMILES string of the molecule is COCC(=O)Nc1cccc(NC(=O)CCn2c(=O)oc3ccccc32)c1. The van der Waals surface area contributed by atoms with Crippen molar-refractivity contribution >= 4 is 34.3 Å². The number of aromatic nitrogens is 1. The molecule has 8 heteroatoms. The molecule has 1 aromatic heterocycles. The fraction of sp³-hybridized carbons (Fsp3) is 0.211. The maximum absolute atomic E-state index is 12.2. The second kappa shape index (κ2) is 8.33. The molecular weight excluding hydrogens is 350 g/mol. The minimum Gasteiger partial charge on any atom is -0.408 e. The lowest BCUT2D eigenvalue weighted by molar-refractivity contribution is -0.119. The number of hydrogen-bond acceptors (Lipinski definition) is 5. The molecule has 27 heavy (non-hydrogen) atoms. The summed E-state index contributed by atoms with van der Waals surface area (Å²) in [7, 11) is 1.44. The lowest BCUT2D eigenvalue weighted by Crippen LogP contribution is -2.20. The molecule has 0 saturated heterocycles. The van der Waals surface area contributed by atoms with Crippen LogP contribution in [0.25, 0.3) is 11.1 Å². The van der Waals surface area contributed by atoms with Crippen LogP contribution < -0.4 is 16.4 Å². The highest BCUT2D eigenvalue weighted by Crippen LogP contribution is 2.16. The summed E-state index contributed by atoms with van der Waals surface area (Å²) in [5, 5.41) is 5.42. The summed E-state index contributed by atoms with van der Waals surface area (Å²) in [6.45, 7) is 0.149. The van der Waals surface area contributed by atoms with E-state index in [1.807, 2.05) is 0 Å². The van der Waals surface area contributed by atoms with Gasteiger partial charge in [-0.3, -0.25) is 14.2 Å². The van der Waals surface area contributed by atoms with E-state index in [9.17, 15) is 14.4 Å². The predicted octanol–water partition coefficient (Wildman–Crippen LogP) is 2.21. The number of fused-ring (bicyclic) bond motifs is 1. The normalized spacial score (nSPS) is 10.7. The van der Waals surface area contributed by atoms with E-state index >= 15 is 0 Å². The van der Waals surface area contributed by atoms with Crippen LogP contribution in [-0.2, 0) is 20.9 Å². The van der Waals surface area contributed by atoms with Crippen molar-refractivity contribution in [3.63, 3.8) is 0 Å². The molecule has 140 valence electrons. The van der Waals surface area contributed by atoms with Crippen molar-refractivity contribution in [2.45, 2.75) is 13.0 Å². The molecule has 0 spiro atoms. The number of carbonyl (C=O) groups excluding carboxylic acids is 2. The number of ether oxygens (including phenoxy) is 1. The van der Waals surface area contributed by atoms with Gasteiger partial charge in [0.1, 0.15) is 6.61 Å². The number of amides is 2. The predicted molar refractivity (Wildman–Crippen MR) is 101 cm³/mol. The first-order valence-corrected chi connectivity index (χ1v) is 8.34. The van der Waals surface area contributed by atoms with E-state index in [0.717, 1.165) is 0 Å². The Morgan fingerprint density at radius 3 is 2.48 bits per heavy atom. The van der Waals surface area contributed by atoms with Crippen molar-refractivity contribution in [2.75, 3.05) is 24.4 Å². The Morgan fingerprint density at radius 2 is 1.74 bits per heavy atom. The quantitative estimate of drug-likeness (QED) is 0.665. The third kappa shape index (κ3) is 4.62. The number of hydrogen-bond donors (Lipinski definition) is 2. The van der Waals surface area contributed by atoms with Gasteiger partial charge < -0.3 is 19.8 Å². The Bertz CT molecular complexity index is 1020. The van der Waals surface area contributed by atoms with Crippen LogP contribution >= 0.6 is 0 Å². The van der Waals surface area contributed by atoms with E-state index in [2.05, 4.69) is 10.6 Å². The number of carbonyl (C=O) groups is 2. The number of nitrogens with one attached hydrogen (secondary N) is 2. The number of para-hydroxylation sites is 2. The molecule has 0 bridgehead atoms. The first-order chi connectivity index (χ1) is 13.1. The summed E-state index contributed by atoms with van der Waals surface area (Å²) in [5.41, 5.74) is 2.23. The van der Waals surface area contributed by atoms with Gasteiger partial charge in [-0.05, 0) is 30.3 Å². The molecule has 0 radical (unpaired) electrons. The summed E-state index contributed by atoms with van der Waals surface area (Å²) >= 11 is 0. The Morgan fingerprint density at radius 1 is 1.04 bits per heavy atom. The highest BCUT2D eigenvalue weighted by atomic mass is 16.5. The van der Waals surface area contributed by atoms with Crippen LogP contribution in [0.15, 0.2) is 57.7 Å². The Labute approximate surface area is 154 Å². The molecule has 0 unspecified atom stereocenters. The highest BCUT2D eigenvalue weighted by Gasteiger charge is 2.11. The minimum absolute atomic E-state index is 0.0516. The van der Waals surface area contributed by atoms with E-state index in [0.29, 0.717) is 22.5 Å². The second-order valence-electron chi connectivity index (χ2n) is 5.85. The molecule has 0 fully saturated rings. The lowest BCUT2D eigenvalue weighted by Gasteiger charge is -2.09. The monoisotopic (exact) mass is 369 g/mol. The van der Waals surface area contributed by atoms with E-state index < -0.39 is 5.76 Å². The van der Waals surface area contributed by atoms with Crippen LogP contribution in [-0.4, -0.2) is 30.1 Å². The summed E-state index contributed by atoms with van der Waals surface area (Å²) in [6, 6.07) is 13.8. The van der Waals surface area contributed by atoms with Gasteiger partial charge in [0.2, 0.25) is 11.8 Å². The van der Waals surface area contributed by atoms with Gasteiger partial charge in [-0.25, -0.2) is 4.79 Å². The molecule has 3 rings (SSSR count). The van der Waals surface area contributed by atoms with Gasteiger partial charge in [-0.15, -0.1) is 0 Å². The molecule has 2 N–H and O–H groups in total. The zero-order valence-corrected chi connectivity index (χ0v) is 14.7. The lowest BCUT2D eigenvalue weighted by atomic mass is 10.2. The average molecular weight is 369 g/mol. The fourth-order valence-corrected chi connectivity index (χ4v) is 2.67. The molecule has 1 heterocycles. The summed E-state index contributed by atoms with van der Waals surface area (Å²) < 4.78 is 11.3. The molecule has 0 atom stereocenters. The van der Waals surface area contributed by atoms with Crippen LogP contribution in [0, 0.1) is 0 Å². The fourth-order valence-electron chi connectivity index (χ4n) is 2.67. The number of rotatable bonds is 7. The molecule has 0 saturated carbocycles. The number of aryl methyl sites for hydroxylation is 1. The van der Waals surface area contributed by atoms with Crippen molar-refractivity contribution in [2.24, 2.45) is 0 Å². The van der Waals surface area contributed by atoms with Gasteiger partial charge in [-0.1, -0.05) is 18.2 Å². The maximum Gasteiger partial charge on any atom is 0.419 e. The van der Waals surface area contributed by atoms with Crippen molar-refractivity contribution in [1.82, 2.24) is 4.57 Å². The van der Waals surface area contributed by atoms with Crippen molar-refractivity contribution in [3.05, 3.63) is 59.1 Å². The van der Waals surface area contributed by atoms with Crippen molar-refractivity contribution in [3.8, 4) is 0 Å². The molecule has 2 amide bonds. The van der Waals surface area contributed by atoms with E-state index in [-0.39, 0.29) is 31.4 Å². The summed E-state index contributed by atoms with van der Waals surface area (Å²) in [4.78, 5) is 35.7. The topological polar surface area (TPSA) is 103 Å². The van der Waals surface area contributed by atoms with Crippen molar-refractivity contribution < 1.29 is 18.7 Å². The summed E-state index contributed by atoms with van der Waals surface area (Å²) in [6.07, 6.45) is 0.101. The zero-order valence-electron chi connectivity index (χ0n) is 14.7. The smallest absolute Gasteiger partial charge is 0.408 e. The molecule has 3 aromatic rings. The first kappa shape index (κ1) is 18.4. The van der Waals surface area contributed by atoms with Crippen LogP contribution in [0.5, 0.6) is 0 Å². The molecule has 0 aliphatic heterocycles.